The first-order valence-corrected chi connectivity index (χ1v) is 13.7. The fraction of sp³-hybridized carbons (Fsp3) is 0.231. The van der Waals surface area contributed by atoms with Crippen LogP contribution in [0.3, 0.4) is 0 Å². The Labute approximate surface area is 225 Å². The van der Waals surface area contributed by atoms with Crippen LogP contribution in [0.15, 0.2) is 83.8 Å². The Morgan fingerprint density at radius 1 is 1.00 bits per heavy atom. The second kappa shape index (κ2) is 12.2. The van der Waals surface area contributed by atoms with E-state index in [2.05, 4.69) is 27.9 Å². The van der Waals surface area contributed by atoms with Gasteiger partial charge in [0, 0.05) is 17.2 Å². The zero-order chi connectivity index (χ0) is 26.3. The van der Waals surface area contributed by atoms with Gasteiger partial charge in [-0.05, 0) is 83.6 Å². The molecule has 0 fully saturated rings. The molecular formula is C26H28IN3O5S. The van der Waals surface area contributed by atoms with Gasteiger partial charge < -0.3 is 15.0 Å². The Morgan fingerprint density at radius 2 is 1.67 bits per heavy atom. The summed E-state index contributed by atoms with van der Waals surface area (Å²) in [5.74, 6) is -0.274. The van der Waals surface area contributed by atoms with Gasteiger partial charge in [0.15, 0.2) is 0 Å². The predicted molar refractivity (Wildman–Crippen MR) is 147 cm³/mol. The van der Waals surface area contributed by atoms with Crippen molar-refractivity contribution in [3.05, 3.63) is 88.0 Å². The van der Waals surface area contributed by atoms with Crippen molar-refractivity contribution in [2.75, 3.05) is 25.0 Å². The van der Waals surface area contributed by atoms with Crippen molar-refractivity contribution < 1.29 is 22.7 Å². The van der Waals surface area contributed by atoms with Crippen molar-refractivity contribution in [1.82, 2.24) is 10.2 Å². The number of likely N-dealkylation sites (N-methyl/N-ethyl adjacent to an activating group) is 1. The van der Waals surface area contributed by atoms with E-state index in [0.29, 0.717) is 11.4 Å². The molecular weight excluding hydrogens is 593 g/mol. The lowest BCUT2D eigenvalue weighted by atomic mass is 10.1. The van der Waals surface area contributed by atoms with Crippen LogP contribution in [-0.4, -0.2) is 51.9 Å². The fourth-order valence-corrected chi connectivity index (χ4v) is 5.41. The molecule has 8 nitrogen and oxygen atoms in total. The first-order chi connectivity index (χ1) is 17.2. The van der Waals surface area contributed by atoms with Gasteiger partial charge in [-0.1, -0.05) is 30.3 Å². The van der Waals surface area contributed by atoms with Crippen molar-refractivity contribution in [3.8, 4) is 5.75 Å². The third kappa shape index (κ3) is 6.55. The molecule has 0 aliphatic heterocycles. The maximum Gasteiger partial charge on any atom is 0.264 e. The van der Waals surface area contributed by atoms with E-state index < -0.39 is 28.5 Å². The molecule has 0 bridgehead atoms. The standard InChI is InChI=1S/C26H28IN3O5S/c1-19(26(32)28-2)29(17-20-8-7-9-23(16-20)35-3)25(31)18-30(22-14-12-21(27)13-15-22)36(33,34)24-10-5-4-6-11-24/h4-16,19H,17-18H2,1-3H3,(H,28,32). The number of hydrogen-bond donors (Lipinski definition) is 1. The SMILES string of the molecule is CNC(=O)C(C)N(Cc1cccc(OC)c1)C(=O)CN(c1ccc(I)cc1)S(=O)(=O)c1ccccc1. The van der Waals surface area contributed by atoms with Crippen LogP contribution < -0.4 is 14.4 Å². The highest BCUT2D eigenvalue weighted by atomic mass is 127. The molecule has 0 heterocycles. The van der Waals surface area contributed by atoms with Crippen molar-refractivity contribution in [2.24, 2.45) is 0 Å². The van der Waals surface area contributed by atoms with Gasteiger partial charge in [0.2, 0.25) is 11.8 Å². The molecule has 0 spiro atoms. The van der Waals surface area contributed by atoms with Crippen LogP contribution in [0.5, 0.6) is 5.75 Å². The van der Waals surface area contributed by atoms with Crippen molar-refractivity contribution in [1.29, 1.82) is 0 Å². The maximum atomic E-state index is 13.7. The van der Waals surface area contributed by atoms with Crippen LogP contribution in [0.2, 0.25) is 0 Å². The number of hydrogen-bond acceptors (Lipinski definition) is 5. The van der Waals surface area contributed by atoms with Crippen LogP contribution in [0.4, 0.5) is 5.69 Å². The van der Waals surface area contributed by atoms with Crippen LogP contribution >= 0.6 is 22.6 Å². The number of carbonyl (C=O) groups is 2. The summed E-state index contributed by atoms with van der Waals surface area (Å²) in [7, 11) is -1.03. The predicted octanol–water partition coefficient (Wildman–Crippen LogP) is 3.66. The highest BCUT2D eigenvalue weighted by Gasteiger charge is 2.32. The zero-order valence-electron chi connectivity index (χ0n) is 20.2. The molecule has 3 rings (SSSR count). The minimum atomic E-state index is -4.07. The summed E-state index contributed by atoms with van der Waals surface area (Å²) < 4.78 is 34.6. The molecule has 0 aliphatic carbocycles. The number of rotatable bonds is 10. The monoisotopic (exact) mass is 621 g/mol. The summed E-state index contributed by atoms with van der Waals surface area (Å²) in [4.78, 5) is 27.7. The number of anilines is 1. The van der Waals surface area contributed by atoms with E-state index in [1.54, 1.807) is 74.7 Å². The second-order valence-electron chi connectivity index (χ2n) is 7.96. The Morgan fingerprint density at radius 3 is 2.28 bits per heavy atom. The highest BCUT2D eigenvalue weighted by molar-refractivity contribution is 14.1. The summed E-state index contributed by atoms with van der Waals surface area (Å²) in [5.41, 5.74) is 1.09. The summed E-state index contributed by atoms with van der Waals surface area (Å²) in [6.45, 7) is 1.22. The minimum absolute atomic E-state index is 0.0649. The van der Waals surface area contributed by atoms with E-state index in [9.17, 15) is 18.0 Å². The lowest BCUT2D eigenvalue weighted by Gasteiger charge is -2.31. The van der Waals surface area contributed by atoms with E-state index in [1.165, 1.54) is 24.1 Å². The van der Waals surface area contributed by atoms with E-state index in [-0.39, 0.29) is 17.3 Å². The van der Waals surface area contributed by atoms with Gasteiger partial charge in [-0.25, -0.2) is 8.42 Å². The second-order valence-corrected chi connectivity index (χ2v) is 11.1. The normalized spacial score (nSPS) is 11.9. The van der Waals surface area contributed by atoms with Gasteiger partial charge >= 0.3 is 0 Å². The third-order valence-corrected chi connectivity index (χ3v) is 8.13. The molecule has 190 valence electrons. The van der Waals surface area contributed by atoms with E-state index in [1.807, 2.05) is 6.07 Å². The summed E-state index contributed by atoms with van der Waals surface area (Å²) in [6.07, 6.45) is 0. The van der Waals surface area contributed by atoms with Crippen LogP contribution in [0.1, 0.15) is 12.5 Å². The number of sulfonamides is 1. The molecule has 3 aromatic carbocycles. The lowest BCUT2D eigenvalue weighted by Crippen LogP contribution is -2.50. The van der Waals surface area contributed by atoms with Gasteiger partial charge in [0.1, 0.15) is 18.3 Å². The summed E-state index contributed by atoms with van der Waals surface area (Å²) in [5, 5.41) is 2.57. The molecule has 1 unspecified atom stereocenters. The smallest absolute Gasteiger partial charge is 0.264 e. The molecule has 36 heavy (non-hydrogen) atoms. The minimum Gasteiger partial charge on any atom is -0.497 e. The van der Waals surface area contributed by atoms with Gasteiger partial charge in [-0.3, -0.25) is 13.9 Å². The fourth-order valence-electron chi connectivity index (χ4n) is 3.61. The average molecular weight is 621 g/mol. The number of halogens is 1. The Hall–Kier alpha value is -3.12. The van der Waals surface area contributed by atoms with Crippen LogP contribution in [-0.2, 0) is 26.2 Å². The molecule has 1 N–H and O–H groups in total. The number of nitrogens with zero attached hydrogens (tertiary/aromatic N) is 2. The van der Waals surface area contributed by atoms with Crippen LogP contribution in [0, 0.1) is 3.57 Å². The zero-order valence-corrected chi connectivity index (χ0v) is 23.2. The highest BCUT2D eigenvalue weighted by Crippen LogP contribution is 2.25. The van der Waals surface area contributed by atoms with Crippen LogP contribution in [0.25, 0.3) is 0 Å². The Bertz CT molecular complexity index is 1300. The van der Waals surface area contributed by atoms with E-state index in [4.69, 9.17) is 4.74 Å². The lowest BCUT2D eigenvalue weighted by molar-refractivity contribution is -0.139. The van der Waals surface area contributed by atoms with Gasteiger partial charge in [0.05, 0.1) is 17.7 Å². The number of amides is 2. The molecule has 0 saturated carbocycles. The molecule has 2 amide bonds. The molecule has 1 atom stereocenters. The number of methoxy groups -OCH3 is 1. The van der Waals surface area contributed by atoms with E-state index in [0.717, 1.165) is 13.4 Å². The van der Waals surface area contributed by atoms with Gasteiger partial charge in [-0.15, -0.1) is 0 Å². The molecule has 0 radical (unpaired) electrons. The largest absolute Gasteiger partial charge is 0.497 e. The Kier molecular flexibility index (Phi) is 9.32. The van der Waals surface area contributed by atoms with Crippen molar-refractivity contribution in [2.45, 2.75) is 24.4 Å². The maximum absolute atomic E-state index is 13.7. The van der Waals surface area contributed by atoms with Crippen molar-refractivity contribution >= 4 is 50.1 Å². The Balaban J connectivity index is 2.01. The third-order valence-electron chi connectivity index (χ3n) is 5.63. The summed E-state index contributed by atoms with van der Waals surface area (Å²) >= 11 is 2.13. The first kappa shape index (κ1) is 27.5. The van der Waals surface area contributed by atoms with Gasteiger partial charge in [0.25, 0.3) is 10.0 Å². The topological polar surface area (TPSA) is 96.0 Å². The quantitative estimate of drug-likeness (QED) is 0.349. The molecule has 3 aromatic rings. The molecule has 0 aromatic heterocycles. The first-order valence-electron chi connectivity index (χ1n) is 11.1. The molecule has 0 saturated heterocycles. The number of ether oxygens (including phenoxy) is 1. The number of nitrogens with one attached hydrogen (secondary N) is 1. The average Bonchev–Trinajstić information content (AvgIpc) is 2.90. The summed E-state index contributed by atoms with van der Waals surface area (Å²) in [6, 6.07) is 21.1. The molecule has 10 heteroatoms. The number of benzene rings is 3. The molecule has 0 aliphatic rings. The number of carbonyl (C=O) groups excluding carboxylic acids is 2. The van der Waals surface area contributed by atoms with Gasteiger partial charge in [-0.2, -0.15) is 0 Å². The van der Waals surface area contributed by atoms with E-state index >= 15 is 0 Å². The van der Waals surface area contributed by atoms with Crippen molar-refractivity contribution in [3.63, 3.8) is 0 Å².